The summed E-state index contributed by atoms with van der Waals surface area (Å²) < 4.78 is 6.44. The average molecular weight is 440 g/mol. The van der Waals surface area contributed by atoms with Gasteiger partial charge in [-0.2, -0.15) is 19.2 Å². The molecular weight excluding hydrogens is 418 g/mol. The van der Waals surface area contributed by atoms with E-state index in [4.69, 9.17) is 35.5 Å². The SMILES string of the molecule is CC1=C(C)C2([C@@H](Cc3ccccc3)Nc3ccc(Cl)cc3)C=CC1O2.O=C=O.O=C=O. The second-order valence-corrected chi connectivity index (χ2v) is 7.50. The van der Waals surface area contributed by atoms with Crippen molar-refractivity contribution >= 4 is 29.6 Å². The van der Waals surface area contributed by atoms with Crippen molar-refractivity contribution in [3.8, 4) is 0 Å². The molecule has 0 radical (unpaired) electrons. The molecule has 7 heteroatoms. The molecule has 0 fully saturated rings. The second kappa shape index (κ2) is 11.2. The highest BCUT2D eigenvalue weighted by molar-refractivity contribution is 6.30. The minimum Gasteiger partial charge on any atom is -0.378 e. The first-order valence-corrected chi connectivity index (χ1v) is 9.89. The van der Waals surface area contributed by atoms with E-state index in [1.54, 1.807) is 0 Å². The van der Waals surface area contributed by atoms with E-state index in [0.717, 1.165) is 17.1 Å². The standard InChI is InChI=1S/C22H22ClNO.2CO2/c1-15-16(2)22(13-12-20(15)25-22)21(14-17-6-4-3-5-7-17)24-19-10-8-18(23)9-11-19;2*2-1-3/h3-13,20-21,24H,14H2,1-2H3;;/t20?,21-,22?;;/m1../s1. The molecule has 160 valence electrons. The van der Waals surface area contributed by atoms with Crippen molar-refractivity contribution < 1.29 is 23.9 Å². The van der Waals surface area contributed by atoms with Crippen LogP contribution in [0.3, 0.4) is 0 Å². The molecule has 0 spiro atoms. The summed E-state index contributed by atoms with van der Waals surface area (Å²) in [6.07, 6.45) is 5.91. The molecule has 2 unspecified atom stereocenters. The van der Waals surface area contributed by atoms with E-state index in [9.17, 15) is 0 Å². The number of hydrogen-bond donors (Lipinski definition) is 1. The highest BCUT2D eigenvalue weighted by Crippen LogP contribution is 2.46. The normalized spacial score (nSPS) is 21.1. The average Bonchev–Trinajstić information content (AvgIpc) is 3.31. The highest BCUT2D eigenvalue weighted by atomic mass is 35.5. The zero-order chi connectivity index (χ0) is 22.9. The highest BCUT2D eigenvalue weighted by Gasteiger charge is 2.50. The smallest absolute Gasteiger partial charge is 0.373 e. The Hall–Kier alpha value is -3.27. The molecule has 0 amide bonds. The van der Waals surface area contributed by atoms with Crippen molar-refractivity contribution in [3.63, 3.8) is 0 Å². The number of halogens is 1. The van der Waals surface area contributed by atoms with Crippen LogP contribution in [0.2, 0.25) is 5.02 Å². The topological polar surface area (TPSA) is 89.5 Å². The van der Waals surface area contributed by atoms with E-state index >= 15 is 0 Å². The van der Waals surface area contributed by atoms with Gasteiger partial charge in [-0.15, -0.1) is 0 Å². The lowest BCUT2D eigenvalue weighted by Gasteiger charge is -2.36. The van der Waals surface area contributed by atoms with Crippen molar-refractivity contribution in [2.75, 3.05) is 5.32 Å². The van der Waals surface area contributed by atoms with Crippen LogP contribution in [0, 0.1) is 0 Å². The Labute approximate surface area is 185 Å². The third-order valence-electron chi connectivity index (χ3n) is 5.43. The van der Waals surface area contributed by atoms with Gasteiger partial charge >= 0.3 is 12.3 Å². The van der Waals surface area contributed by atoms with Crippen molar-refractivity contribution in [1.82, 2.24) is 0 Å². The maximum Gasteiger partial charge on any atom is 0.373 e. The molecule has 3 atom stereocenters. The van der Waals surface area contributed by atoms with Gasteiger partial charge in [-0.25, -0.2) is 0 Å². The Kier molecular flexibility index (Phi) is 8.68. The van der Waals surface area contributed by atoms with Gasteiger partial charge in [0.25, 0.3) is 0 Å². The van der Waals surface area contributed by atoms with Gasteiger partial charge in [0, 0.05) is 10.7 Å². The summed E-state index contributed by atoms with van der Waals surface area (Å²) in [5, 5.41) is 4.44. The van der Waals surface area contributed by atoms with E-state index in [-0.39, 0.29) is 30.0 Å². The summed E-state index contributed by atoms with van der Waals surface area (Å²) in [4.78, 5) is 32.5. The summed E-state index contributed by atoms with van der Waals surface area (Å²) in [6, 6.07) is 18.5. The van der Waals surface area contributed by atoms with Gasteiger partial charge in [0.05, 0.1) is 12.1 Å². The minimum absolute atomic E-state index is 0.106. The second-order valence-electron chi connectivity index (χ2n) is 7.06. The summed E-state index contributed by atoms with van der Waals surface area (Å²) in [7, 11) is 0. The first-order valence-electron chi connectivity index (χ1n) is 9.51. The molecule has 2 aromatic rings. The van der Waals surface area contributed by atoms with Crippen molar-refractivity contribution in [1.29, 1.82) is 0 Å². The van der Waals surface area contributed by atoms with Crippen LogP contribution in [0.1, 0.15) is 19.4 Å². The number of ether oxygens (including phenoxy) is 1. The maximum absolute atomic E-state index is 8.12. The molecular formula is C24H22ClNO5. The Balaban J connectivity index is 0.000000513. The quantitative estimate of drug-likeness (QED) is 0.701. The summed E-state index contributed by atoms with van der Waals surface area (Å²) in [5.74, 6) is 0. The molecule has 0 saturated heterocycles. The van der Waals surface area contributed by atoms with Gasteiger partial charge in [-0.3, -0.25) is 0 Å². The molecule has 4 rings (SSSR count). The minimum atomic E-state index is -0.385. The first-order chi connectivity index (χ1) is 14.9. The van der Waals surface area contributed by atoms with Gasteiger partial charge in [0.15, 0.2) is 0 Å². The monoisotopic (exact) mass is 439 g/mol. The number of benzene rings is 2. The van der Waals surface area contributed by atoms with Crippen molar-refractivity contribution in [2.45, 2.75) is 38.0 Å². The van der Waals surface area contributed by atoms with Crippen LogP contribution in [0.25, 0.3) is 0 Å². The van der Waals surface area contributed by atoms with Crippen LogP contribution >= 0.6 is 11.6 Å². The third-order valence-corrected chi connectivity index (χ3v) is 5.68. The van der Waals surface area contributed by atoms with E-state index < -0.39 is 0 Å². The molecule has 2 aliphatic rings. The van der Waals surface area contributed by atoms with Crippen LogP contribution in [-0.4, -0.2) is 30.0 Å². The Bertz CT molecular complexity index is 992. The predicted octanol–water partition coefficient (Wildman–Crippen LogP) is 4.24. The Morgan fingerprint density at radius 3 is 2.10 bits per heavy atom. The zero-order valence-electron chi connectivity index (χ0n) is 17.1. The molecule has 2 aliphatic heterocycles. The van der Waals surface area contributed by atoms with Crippen LogP contribution in [0.5, 0.6) is 0 Å². The Morgan fingerprint density at radius 2 is 1.58 bits per heavy atom. The summed E-state index contributed by atoms with van der Waals surface area (Å²) >= 11 is 6.04. The first kappa shape index (κ1) is 24.0. The fourth-order valence-electron chi connectivity index (χ4n) is 3.85. The van der Waals surface area contributed by atoms with E-state index in [0.29, 0.717) is 0 Å². The number of fused-ring (bicyclic) bond motifs is 2. The largest absolute Gasteiger partial charge is 0.378 e. The Morgan fingerprint density at radius 1 is 1.00 bits per heavy atom. The number of rotatable bonds is 5. The zero-order valence-corrected chi connectivity index (χ0v) is 17.9. The lowest BCUT2D eigenvalue weighted by atomic mass is 9.80. The third kappa shape index (κ3) is 5.66. The van der Waals surface area contributed by atoms with Gasteiger partial charge in [-0.05, 0) is 67.3 Å². The van der Waals surface area contributed by atoms with E-state index in [1.807, 2.05) is 24.3 Å². The van der Waals surface area contributed by atoms with E-state index in [2.05, 4.69) is 61.6 Å². The molecule has 2 bridgehead atoms. The predicted molar refractivity (Wildman–Crippen MR) is 114 cm³/mol. The lowest BCUT2D eigenvalue weighted by molar-refractivity contribution is -0.193. The molecule has 0 aromatic heterocycles. The summed E-state index contributed by atoms with van der Waals surface area (Å²) in [6.45, 7) is 4.37. The number of carbonyl (C=O) groups excluding carboxylic acids is 4. The number of nitrogens with one attached hydrogen (secondary N) is 1. The number of hydrogen-bond acceptors (Lipinski definition) is 6. The fourth-order valence-corrected chi connectivity index (χ4v) is 3.98. The van der Waals surface area contributed by atoms with Gasteiger partial charge in [0.1, 0.15) is 5.60 Å². The van der Waals surface area contributed by atoms with Crippen LogP contribution in [0.4, 0.5) is 5.69 Å². The molecule has 6 nitrogen and oxygen atoms in total. The molecule has 0 saturated carbocycles. The fraction of sp³-hybridized carbons (Fsp3) is 0.250. The van der Waals surface area contributed by atoms with Crippen molar-refractivity contribution in [3.05, 3.63) is 88.5 Å². The van der Waals surface area contributed by atoms with E-state index in [1.165, 1.54) is 16.7 Å². The molecule has 2 aromatic carbocycles. The van der Waals surface area contributed by atoms with Crippen molar-refractivity contribution in [2.24, 2.45) is 0 Å². The molecule has 1 N–H and O–H groups in total. The van der Waals surface area contributed by atoms with Gasteiger partial charge in [0.2, 0.25) is 0 Å². The molecule has 31 heavy (non-hydrogen) atoms. The van der Waals surface area contributed by atoms with Crippen LogP contribution in [0.15, 0.2) is 77.9 Å². The van der Waals surface area contributed by atoms with Crippen LogP contribution < -0.4 is 5.32 Å². The summed E-state index contributed by atoms with van der Waals surface area (Å²) in [5.41, 5.74) is 4.61. The molecule has 0 aliphatic carbocycles. The van der Waals surface area contributed by atoms with Gasteiger partial charge in [-0.1, -0.05) is 48.0 Å². The van der Waals surface area contributed by atoms with Crippen LogP contribution in [-0.2, 0) is 30.3 Å². The number of anilines is 1. The van der Waals surface area contributed by atoms with Gasteiger partial charge < -0.3 is 10.1 Å². The maximum atomic E-state index is 8.12. The molecule has 2 heterocycles. The lowest BCUT2D eigenvalue weighted by Crippen LogP contribution is -2.47.